The Labute approximate surface area is 139 Å². The van der Waals surface area contributed by atoms with Crippen molar-refractivity contribution in [1.82, 2.24) is 9.66 Å². The predicted molar refractivity (Wildman–Crippen MR) is 94.9 cm³/mol. The van der Waals surface area contributed by atoms with Crippen LogP contribution in [0.4, 0.5) is 10.5 Å². The van der Waals surface area contributed by atoms with E-state index in [0.717, 1.165) is 5.56 Å². The monoisotopic (exact) mass is 322 g/mol. The Morgan fingerprint density at radius 1 is 1.17 bits per heavy atom. The first-order chi connectivity index (χ1) is 11.6. The number of carbonyl (C=O) groups excluding carboxylic acids is 1. The van der Waals surface area contributed by atoms with Crippen molar-refractivity contribution in [3.63, 3.8) is 0 Å². The molecule has 1 aromatic heterocycles. The van der Waals surface area contributed by atoms with E-state index in [0.29, 0.717) is 28.8 Å². The molecule has 0 aliphatic heterocycles. The highest BCUT2D eigenvalue weighted by Gasteiger charge is 2.12. The fraction of sp³-hybridized carbons (Fsp3) is 0.167. The maximum absolute atomic E-state index is 12.6. The van der Waals surface area contributed by atoms with E-state index in [2.05, 4.69) is 15.7 Å². The minimum absolute atomic E-state index is 0.295. The van der Waals surface area contributed by atoms with Crippen molar-refractivity contribution in [2.45, 2.75) is 20.3 Å². The number of hydrogen-bond acceptors (Lipinski definition) is 3. The summed E-state index contributed by atoms with van der Waals surface area (Å²) in [5.74, 6) is 0.498. The number of benzene rings is 2. The third-order valence-electron chi connectivity index (χ3n) is 3.65. The van der Waals surface area contributed by atoms with Crippen molar-refractivity contribution >= 4 is 22.6 Å². The normalized spacial score (nSPS) is 10.6. The molecule has 0 saturated carbocycles. The number of fused-ring (bicyclic) bond motifs is 1. The summed E-state index contributed by atoms with van der Waals surface area (Å²) < 4.78 is 1.20. The molecule has 1 heterocycles. The maximum atomic E-state index is 12.6. The highest BCUT2D eigenvalue weighted by Crippen LogP contribution is 2.10. The van der Waals surface area contributed by atoms with Crippen LogP contribution in [0.3, 0.4) is 0 Å². The van der Waals surface area contributed by atoms with Gasteiger partial charge in [-0.15, -0.1) is 0 Å². The van der Waals surface area contributed by atoms with Crippen LogP contribution in [0.15, 0.2) is 53.3 Å². The number of rotatable bonds is 3. The molecule has 0 aliphatic rings. The maximum Gasteiger partial charge on any atom is 0.338 e. The molecular weight excluding hydrogens is 304 g/mol. The lowest BCUT2D eigenvalue weighted by atomic mass is 10.2. The first kappa shape index (κ1) is 15.7. The minimum atomic E-state index is -0.491. The molecule has 0 spiro atoms. The average molecular weight is 322 g/mol. The minimum Gasteiger partial charge on any atom is -0.307 e. The number of urea groups is 1. The van der Waals surface area contributed by atoms with Crippen LogP contribution in [0.25, 0.3) is 10.9 Å². The van der Waals surface area contributed by atoms with Gasteiger partial charge in [-0.1, -0.05) is 31.2 Å². The predicted octanol–water partition coefficient (Wildman–Crippen LogP) is 3.04. The van der Waals surface area contributed by atoms with E-state index in [1.807, 2.05) is 38.1 Å². The van der Waals surface area contributed by atoms with Crippen LogP contribution in [-0.4, -0.2) is 15.7 Å². The van der Waals surface area contributed by atoms with Gasteiger partial charge in [0.15, 0.2) is 0 Å². The highest BCUT2D eigenvalue weighted by molar-refractivity contribution is 5.95. The number of para-hydroxylation sites is 1. The van der Waals surface area contributed by atoms with Gasteiger partial charge in [0.2, 0.25) is 0 Å². The van der Waals surface area contributed by atoms with Crippen molar-refractivity contribution in [2.75, 3.05) is 10.7 Å². The van der Waals surface area contributed by atoms with E-state index in [1.165, 1.54) is 4.68 Å². The number of aromatic nitrogens is 2. The topological polar surface area (TPSA) is 76.0 Å². The van der Waals surface area contributed by atoms with Crippen LogP contribution in [-0.2, 0) is 6.42 Å². The summed E-state index contributed by atoms with van der Waals surface area (Å²) >= 11 is 0. The van der Waals surface area contributed by atoms with Crippen molar-refractivity contribution in [3.05, 3.63) is 70.3 Å². The Morgan fingerprint density at radius 3 is 2.71 bits per heavy atom. The molecule has 0 fully saturated rings. The standard InChI is InChI=1S/C18H18N4O2/c1-3-16-20-15-10-5-4-9-14(15)17(23)22(16)21-18(24)19-13-8-6-7-12(2)11-13/h4-11H,3H2,1-2H3,(H2,19,21,24). The number of hydrogen-bond donors (Lipinski definition) is 2. The second-order valence-corrected chi connectivity index (χ2v) is 5.47. The van der Waals surface area contributed by atoms with E-state index in [9.17, 15) is 9.59 Å². The quantitative estimate of drug-likeness (QED) is 0.778. The third-order valence-corrected chi connectivity index (χ3v) is 3.65. The smallest absolute Gasteiger partial charge is 0.307 e. The summed E-state index contributed by atoms with van der Waals surface area (Å²) in [6.07, 6.45) is 0.519. The van der Waals surface area contributed by atoms with Crippen LogP contribution < -0.4 is 16.3 Å². The van der Waals surface area contributed by atoms with Gasteiger partial charge < -0.3 is 5.32 Å². The average Bonchev–Trinajstić information content (AvgIpc) is 2.57. The van der Waals surface area contributed by atoms with Gasteiger partial charge in [-0.2, -0.15) is 0 Å². The molecule has 0 atom stereocenters. The van der Waals surface area contributed by atoms with E-state index >= 15 is 0 Å². The molecule has 2 aromatic carbocycles. The summed E-state index contributed by atoms with van der Waals surface area (Å²) in [5, 5.41) is 3.18. The molecule has 0 saturated heterocycles. The fourth-order valence-corrected chi connectivity index (χ4v) is 2.51. The lowest BCUT2D eigenvalue weighted by Crippen LogP contribution is -2.38. The van der Waals surface area contributed by atoms with Gasteiger partial charge in [0.1, 0.15) is 5.82 Å². The molecule has 3 aromatic rings. The number of nitrogens with one attached hydrogen (secondary N) is 2. The van der Waals surface area contributed by atoms with E-state index in [1.54, 1.807) is 24.3 Å². The largest absolute Gasteiger partial charge is 0.338 e. The lowest BCUT2D eigenvalue weighted by molar-refractivity contribution is 0.259. The van der Waals surface area contributed by atoms with Crippen molar-refractivity contribution < 1.29 is 4.79 Å². The van der Waals surface area contributed by atoms with Gasteiger partial charge in [0.05, 0.1) is 10.9 Å². The third kappa shape index (κ3) is 3.12. The van der Waals surface area contributed by atoms with Crippen LogP contribution in [0.1, 0.15) is 18.3 Å². The molecule has 0 aliphatic carbocycles. The van der Waals surface area contributed by atoms with Crippen LogP contribution in [0, 0.1) is 6.92 Å². The van der Waals surface area contributed by atoms with Crippen LogP contribution in [0.5, 0.6) is 0 Å². The van der Waals surface area contributed by atoms with Crippen LogP contribution in [0.2, 0.25) is 0 Å². The summed E-state index contributed by atoms with van der Waals surface area (Å²) in [6, 6.07) is 14.0. The molecule has 0 radical (unpaired) electrons. The molecule has 0 bridgehead atoms. The van der Waals surface area contributed by atoms with Gasteiger partial charge in [-0.3, -0.25) is 4.79 Å². The molecule has 0 unspecified atom stereocenters. The number of nitrogens with zero attached hydrogens (tertiary/aromatic N) is 2. The Morgan fingerprint density at radius 2 is 1.96 bits per heavy atom. The second kappa shape index (κ2) is 6.54. The molecular formula is C18H18N4O2. The summed E-state index contributed by atoms with van der Waals surface area (Å²) in [6.45, 7) is 3.82. The molecule has 2 N–H and O–H groups in total. The van der Waals surface area contributed by atoms with Gasteiger partial charge in [0, 0.05) is 12.1 Å². The zero-order valence-corrected chi connectivity index (χ0v) is 13.5. The Bertz CT molecular complexity index is 963. The molecule has 24 heavy (non-hydrogen) atoms. The summed E-state index contributed by atoms with van der Waals surface area (Å²) in [7, 11) is 0. The Kier molecular flexibility index (Phi) is 4.29. The summed E-state index contributed by atoms with van der Waals surface area (Å²) in [5.41, 5.74) is 4.60. The lowest BCUT2D eigenvalue weighted by Gasteiger charge is -2.14. The molecule has 6 nitrogen and oxygen atoms in total. The summed E-state index contributed by atoms with van der Waals surface area (Å²) in [4.78, 5) is 29.3. The van der Waals surface area contributed by atoms with Gasteiger partial charge in [0.25, 0.3) is 5.56 Å². The zero-order valence-electron chi connectivity index (χ0n) is 13.5. The van der Waals surface area contributed by atoms with E-state index in [-0.39, 0.29) is 5.56 Å². The van der Waals surface area contributed by atoms with Gasteiger partial charge >= 0.3 is 6.03 Å². The SMILES string of the molecule is CCc1nc2ccccc2c(=O)n1NC(=O)Nc1cccc(C)c1. The van der Waals surface area contributed by atoms with E-state index < -0.39 is 6.03 Å². The van der Waals surface area contributed by atoms with Crippen LogP contribution >= 0.6 is 0 Å². The second-order valence-electron chi connectivity index (χ2n) is 5.47. The fourth-order valence-electron chi connectivity index (χ4n) is 2.51. The van der Waals surface area contributed by atoms with Gasteiger partial charge in [-0.05, 0) is 36.8 Å². The highest BCUT2D eigenvalue weighted by atomic mass is 16.2. The first-order valence-corrected chi connectivity index (χ1v) is 7.74. The van der Waals surface area contributed by atoms with Gasteiger partial charge in [-0.25, -0.2) is 19.9 Å². The van der Waals surface area contributed by atoms with Crippen molar-refractivity contribution in [1.29, 1.82) is 0 Å². The Hall–Kier alpha value is -3.15. The Balaban J connectivity index is 1.93. The molecule has 6 heteroatoms. The van der Waals surface area contributed by atoms with E-state index in [4.69, 9.17) is 0 Å². The zero-order chi connectivity index (χ0) is 17.1. The number of aryl methyl sites for hydroxylation is 2. The number of anilines is 1. The molecule has 3 rings (SSSR count). The molecule has 2 amide bonds. The number of carbonyl (C=O) groups is 1. The molecule has 122 valence electrons. The van der Waals surface area contributed by atoms with Crippen molar-refractivity contribution in [3.8, 4) is 0 Å². The first-order valence-electron chi connectivity index (χ1n) is 7.74. The number of amides is 2. The van der Waals surface area contributed by atoms with Crippen molar-refractivity contribution in [2.24, 2.45) is 0 Å².